The van der Waals surface area contributed by atoms with Crippen molar-refractivity contribution in [3.8, 4) is 0 Å². The molecule has 0 atom stereocenters. The third kappa shape index (κ3) is 3.56. The number of rotatable bonds is 1. The van der Waals surface area contributed by atoms with Crippen LogP contribution in [0.3, 0.4) is 0 Å². The molecule has 21 heavy (non-hydrogen) atoms. The lowest BCUT2D eigenvalue weighted by molar-refractivity contribution is 0.115. The Morgan fingerprint density at radius 3 is 2.62 bits per heavy atom. The summed E-state index contributed by atoms with van der Waals surface area (Å²) in [4.78, 5) is 14.4. The molecule has 0 saturated heterocycles. The highest BCUT2D eigenvalue weighted by atomic mass is 16.3. The molecule has 1 aromatic carbocycles. The first-order valence-corrected chi connectivity index (χ1v) is 8.02. The second kappa shape index (κ2) is 6.48. The van der Waals surface area contributed by atoms with Crippen molar-refractivity contribution < 1.29 is 9.90 Å². The molecule has 2 aliphatic rings. The number of nitrogens with zero attached hydrogens (tertiary/aromatic N) is 1. The maximum absolute atomic E-state index is 12.5. The van der Waals surface area contributed by atoms with Gasteiger partial charge in [0.1, 0.15) is 0 Å². The summed E-state index contributed by atoms with van der Waals surface area (Å²) < 4.78 is 0. The van der Waals surface area contributed by atoms with Gasteiger partial charge in [-0.2, -0.15) is 0 Å². The number of carbonyl (C=O) groups excluding carboxylic acids is 1. The second-order valence-electron chi connectivity index (χ2n) is 6.25. The van der Waals surface area contributed by atoms with Gasteiger partial charge >= 0.3 is 6.03 Å². The molecule has 1 saturated carbocycles. The van der Waals surface area contributed by atoms with E-state index in [-0.39, 0.29) is 18.2 Å². The van der Waals surface area contributed by atoms with Gasteiger partial charge in [0.25, 0.3) is 0 Å². The number of amides is 2. The molecule has 1 aliphatic carbocycles. The normalized spacial score (nSPS) is 25.9. The van der Waals surface area contributed by atoms with E-state index < -0.39 is 0 Å². The van der Waals surface area contributed by atoms with Gasteiger partial charge in [0, 0.05) is 19.1 Å². The Bertz CT molecular complexity index is 495. The number of benzene rings is 1. The van der Waals surface area contributed by atoms with Crippen LogP contribution in [0.1, 0.15) is 43.2 Å². The summed E-state index contributed by atoms with van der Waals surface area (Å²) in [6.07, 6.45) is 5.27. The monoisotopic (exact) mass is 288 g/mol. The molecule has 1 fully saturated rings. The Morgan fingerprint density at radius 2 is 1.86 bits per heavy atom. The Balaban J connectivity index is 1.60. The van der Waals surface area contributed by atoms with Crippen LogP contribution in [0.5, 0.6) is 0 Å². The SMILES string of the molecule is O=C(NC1CCC(O)CC1)N1CCCc2ccccc2C1. The standard InChI is InChI=1S/C17H24N2O2/c20-16-9-7-15(8-10-16)18-17(21)19-11-3-6-13-4-1-2-5-14(13)12-19/h1-2,4-5,15-16,20H,3,6-12H2,(H,18,21). The number of nitrogens with one attached hydrogen (secondary N) is 1. The van der Waals surface area contributed by atoms with Gasteiger partial charge in [-0.15, -0.1) is 0 Å². The first-order chi connectivity index (χ1) is 10.2. The molecule has 1 aromatic rings. The van der Waals surface area contributed by atoms with Gasteiger partial charge in [0.15, 0.2) is 0 Å². The van der Waals surface area contributed by atoms with Gasteiger partial charge in [-0.05, 0) is 49.7 Å². The number of urea groups is 1. The number of aryl methyl sites for hydroxylation is 1. The first-order valence-electron chi connectivity index (χ1n) is 8.02. The van der Waals surface area contributed by atoms with Crippen molar-refractivity contribution in [3.05, 3.63) is 35.4 Å². The first kappa shape index (κ1) is 14.4. The predicted octanol–water partition coefficient (Wildman–Crippen LogP) is 2.45. The summed E-state index contributed by atoms with van der Waals surface area (Å²) in [5.41, 5.74) is 2.64. The van der Waals surface area contributed by atoms with Crippen LogP contribution in [0.2, 0.25) is 0 Å². The number of hydrogen-bond donors (Lipinski definition) is 2. The molecule has 3 rings (SSSR count). The summed E-state index contributed by atoms with van der Waals surface area (Å²) in [6.45, 7) is 1.52. The number of fused-ring (bicyclic) bond motifs is 1. The lowest BCUT2D eigenvalue weighted by atomic mass is 9.93. The van der Waals surface area contributed by atoms with Gasteiger partial charge in [-0.1, -0.05) is 24.3 Å². The predicted molar refractivity (Wildman–Crippen MR) is 82.0 cm³/mol. The molecule has 0 bridgehead atoms. The van der Waals surface area contributed by atoms with Crippen LogP contribution >= 0.6 is 0 Å². The van der Waals surface area contributed by atoms with Crippen LogP contribution in [0.25, 0.3) is 0 Å². The van der Waals surface area contributed by atoms with Gasteiger partial charge in [0.2, 0.25) is 0 Å². The summed E-state index contributed by atoms with van der Waals surface area (Å²) in [5, 5.41) is 12.7. The molecule has 0 radical (unpaired) electrons. The van der Waals surface area contributed by atoms with Crippen LogP contribution < -0.4 is 5.32 Å². The Kier molecular flexibility index (Phi) is 4.44. The van der Waals surface area contributed by atoms with E-state index in [0.29, 0.717) is 6.54 Å². The summed E-state index contributed by atoms with van der Waals surface area (Å²) in [5.74, 6) is 0. The second-order valence-corrected chi connectivity index (χ2v) is 6.25. The lowest BCUT2D eigenvalue weighted by Crippen LogP contribution is -2.46. The van der Waals surface area contributed by atoms with E-state index in [4.69, 9.17) is 0 Å². The zero-order chi connectivity index (χ0) is 14.7. The van der Waals surface area contributed by atoms with Crippen LogP contribution in [-0.2, 0) is 13.0 Å². The maximum atomic E-state index is 12.5. The maximum Gasteiger partial charge on any atom is 0.317 e. The fraction of sp³-hybridized carbons (Fsp3) is 0.588. The van der Waals surface area contributed by atoms with Crippen LogP contribution in [0, 0.1) is 0 Å². The smallest absolute Gasteiger partial charge is 0.317 e. The van der Waals surface area contributed by atoms with Gasteiger partial charge in [-0.3, -0.25) is 0 Å². The van der Waals surface area contributed by atoms with Crippen LogP contribution in [0.15, 0.2) is 24.3 Å². The highest BCUT2D eigenvalue weighted by Gasteiger charge is 2.24. The molecular weight excluding hydrogens is 264 g/mol. The van der Waals surface area contributed by atoms with Gasteiger partial charge in [-0.25, -0.2) is 4.79 Å². The zero-order valence-corrected chi connectivity index (χ0v) is 12.4. The van der Waals surface area contributed by atoms with Crippen molar-refractivity contribution in [2.24, 2.45) is 0 Å². The van der Waals surface area contributed by atoms with E-state index in [2.05, 4.69) is 23.5 Å². The third-order valence-electron chi connectivity index (χ3n) is 4.67. The fourth-order valence-electron chi connectivity index (χ4n) is 3.36. The van der Waals surface area contributed by atoms with Crippen molar-refractivity contribution in [2.75, 3.05) is 6.54 Å². The summed E-state index contributed by atoms with van der Waals surface area (Å²) in [7, 11) is 0. The van der Waals surface area contributed by atoms with Crippen molar-refractivity contribution in [1.82, 2.24) is 10.2 Å². The van der Waals surface area contributed by atoms with E-state index in [1.54, 1.807) is 0 Å². The minimum atomic E-state index is -0.178. The van der Waals surface area contributed by atoms with Gasteiger partial charge < -0.3 is 15.3 Å². The Hall–Kier alpha value is -1.55. The zero-order valence-electron chi connectivity index (χ0n) is 12.4. The third-order valence-corrected chi connectivity index (χ3v) is 4.67. The van der Waals surface area contributed by atoms with Crippen LogP contribution in [-0.4, -0.2) is 34.7 Å². The number of aliphatic hydroxyl groups excluding tert-OH is 1. The van der Waals surface area contributed by atoms with Crippen molar-refractivity contribution in [3.63, 3.8) is 0 Å². The molecular formula is C17H24N2O2. The Labute approximate surface area is 126 Å². The number of aliphatic hydroxyl groups is 1. The minimum Gasteiger partial charge on any atom is -0.393 e. The molecule has 2 N–H and O–H groups in total. The molecule has 4 heteroatoms. The van der Waals surface area contributed by atoms with E-state index in [0.717, 1.165) is 45.1 Å². The Morgan fingerprint density at radius 1 is 1.14 bits per heavy atom. The van der Waals surface area contributed by atoms with Crippen molar-refractivity contribution in [1.29, 1.82) is 0 Å². The average Bonchev–Trinajstić information content (AvgIpc) is 2.72. The van der Waals surface area contributed by atoms with E-state index >= 15 is 0 Å². The molecule has 114 valence electrons. The molecule has 1 aliphatic heterocycles. The highest BCUT2D eigenvalue weighted by molar-refractivity contribution is 5.74. The highest BCUT2D eigenvalue weighted by Crippen LogP contribution is 2.21. The molecule has 0 aromatic heterocycles. The quantitative estimate of drug-likeness (QED) is 0.834. The summed E-state index contributed by atoms with van der Waals surface area (Å²) in [6, 6.07) is 8.68. The molecule has 0 spiro atoms. The van der Waals surface area contributed by atoms with E-state index in [9.17, 15) is 9.90 Å². The topological polar surface area (TPSA) is 52.6 Å². The molecule has 2 amide bonds. The van der Waals surface area contributed by atoms with Crippen LogP contribution in [0.4, 0.5) is 4.79 Å². The van der Waals surface area contributed by atoms with E-state index in [1.807, 2.05) is 11.0 Å². The van der Waals surface area contributed by atoms with Crippen molar-refractivity contribution in [2.45, 2.75) is 57.2 Å². The average molecular weight is 288 g/mol. The van der Waals surface area contributed by atoms with Crippen molar-refractivity contribution >= 4 is 6.03 Å². The number of carbonyl (C=O) groups is 1. The molecule has 0 unspecified atom stereocenters. The molecule has 4 nitrogen and oxygen atoms in total. The number of hydrogen-bond acceptors (Lipinski definition) is 2. The lowest BCUT2D eigenvalue weighted by Gasteiger charge is -2.29. The van der Waals surface area contributed by atoms with Gasteiger partial charge in [0.05, 0.1) is 6.10 Å². The summed E-state index contributed by atoms with van der Waals surface area (Å²) >= 11 is 0. The minimum absolute atomic E-state index is 0.0492. The fourth-order valence-corrected chi connectivity index (χ4v) is 3.36. The largest absolute Gasteiger partial charge is 0.393 e. The van der Waals surface area contributed by atoms with E-state index in [1.165, 1.54) is 11.1 Å². The molecule has 1 heterocycles.